The van der Waals surface area contributed by atoms with Gasteiger partial charge in [-0.25, -0.2) is 4.39 Å². The molecule has 4 nitrogen and oxygen atoms in total. The van der Waals surface area contributed by atoms with Gasteiger partial charge in [0.1, 0.15) is 5.82 Å². The first-order valence-electron chi connectivity index (χ1n) is 7.26. The number of halogens is 3. The van der Waals surface area contributed by atoms with Crippen molar-refractivity contribution in [2.75, 3.05) is 43.1 Å². The normalized spacial score (nSPS) is 16.0. The van der Waals surface area contributed by atoms with E-state index >= 15 is 0 Å². The number of hydrogen-bond acceptors (Lipinski definition) is 4. The number of carbonyl (C=O) groups excluding carboxylic acids is 1. The molecule has 1 aromatic rings. The molecule has 0 spiro atoms. The summed E-state index contributed by atoms with van der Waals surface area (Å²) in [5.74, 6) is 0.555. The lowest BCUT2D eigenvalue weighted by molar-refractivity contribution is -0.132. The molecular formula is C15H22Cl2FN3OS. The summed E-state index contributed by atoms with van der Waals surface area (Å²) in [7, 11) is 0. The second-order valence-electron chi connectivity index (χ2n) is 5.30. The SMILES string of the molecule is CSCCC(N)C(=O)N1CCN(c2ccc(F)cc2Cl)CC1.Cl. The molecule has 0 aromatic heterocycles. The van der Waals surface area contributed by atoms with Crippen LogP contribution >= 0.6 is 35.8 Å². The molecular weight excluding hydrogens is 360 g/mol. The Bertz CT molecular complexity index is 527. The largest absolute Gasteiger partial charge is 0.367 e. The number of carbonyl (C=O) groups is 1. The molecule has 1 fully saturated rings. The quantitative estimate of drug-likeness (QED) is 0.851. The molecule has 2 N–H and O–H groups in total. The molecule has 8 heteroatoms. The van der Waals surface area contributed by atoms with Crippen molar-refractivity contribution in [3.8, 4) is 0 Å². The van der Waals surface area contributed by atoms with Crippen molar-refractivity contribution in [3.63, 3.8) is 0 Å². The van der Waals surface area contributed by atoms with Gasteiger partial charge in [0, 0.05) is 26.2 Å². The highest BCUT2D eigenvalue weighted by Gasteiger charge is 2.25. The summed E-state index contributed by atoms with van der Waals surface area (Å²) in [6.07, 6.45) is 2.70. The van der Waals surface area contributed by atoms with Crippen molar-refractivity contribution >= 4 is 47.4 Å². The number of anilines is 1. The Labute approximate surface area is 151 Å². The summed E-state index contributed by atoms with van der Waals surface area (Å²) in [6.45, 7) is 2.57. The second kappa shape index (κ2) is 9.57. The van der Waals surface area contributed by atoms with Crippen LogP contribution in [0.4, 0.5) is 10.1 Å². The minimum atomic E-state index is -0.423. The van der Waals surface area contributed by atoms with Gasteiger partial charge >= 0.3 is 0 Å². The van der Waals surface area contributed by atoms with E-state index < -0.39 is 6.04 Å². The van der Waals surface area contributed by atoms with Crippen LogP contribution in [-0.4, -0.2) is 55.0 Å². The minimum absolute atomic E-state index is 0. The molecule has 1 unspecified atom stereocenters. The van der Waals surface area contributed by atoms with E-state index in [0.717, 1.165) is 11.4 Å². The fourth-order valence-corrected chi connectivity index (χ4v) is 3.28. The monoisotopic (exact) mass is 381 g/mol. The van der Waals surface area contributed by atoms with Gasteiger partial charge in [-0.15, -0.1) is 12.4 Å². The van der Waals surface area contributed by atoms with Crippen molar-refractivity contribution in [1.82, 2.24) is 4.90 Å². The van der Waals surface area contributed by atoms with Crippen LogP contribution in [0.25, 0.3) is 0 Å². The Morgan fingerprint density at radius 1 is 1.39 bits per heavy atom. The maximum atomic E-state index is 13.1. The van der Waals surface area contributed by atoms with Gasteiger partial charge in [0.2, 0.25) is 5.91 Å². The Hall–Kier alpha value is -0.690. The van der Waals surface area contributed by atoms with Gasteiger partial charge in [-0.3, -0.25) is 4.79 Å². The number of amides is 1. The topological polar surface area (TPSA) is 49.6 Å². The van der Waals surface area contributed by atoms with E-state index in [0.29, 0.717) is 37.6 Å². The average Bonchev–Trinajstić information content (AvgIpc) is 2.52. The van der Waals surface area contributed by atoms with Crippen molar-refractivity contribution in [2.45, 2.75) is 12.5 Å². The molecule has 0 saturated carbocycles. The molecule has 1 amide bonds. The number of rotatable bonds is 5. The lowest BCUT2D eigenvalue weighted by atomic mass is 10.2. The summed E-state index contributed by atoms with van der Waals surface area (Å²) in [5, 5.41) is 0.399. The van der Waals surface area contributed by atoms with Crippen molar-refractivity contribution in [1.29, 1.82) is 0 Å². The first kappa shape index (κ1) is 20.4. The molecule has 1 atom stereocenters. The molecule has 0 aliphatic carbocycles. The van der Waals surface area contributed by atoms with E-state index in [2.05, 4.69) is 4.90 Å². The Balaban J connectivity index is 0.00000264. The fraction of sp³-hybridized carbons (Fsp3) is 0.533. The summed E-state index contributed by atoms with van der Waals surface area (Å²) >= 11 is 7.78. The number of benzene rings is 1. The number of nitrogens with zero attached hydrogens (tertiary/aromatic N) is 2. The summed E-state index contributed by atoms with van der Waals surface area (Å²) < 4.78 is 13.1. The van der Waals surface area contributed by atoms with E-state index in [-0.39, 0.29) is 24.1 Å². The van der Waals surface area contributed by atoms with Gasteiger partial charge in [-0.05, 0) is 36.6 Å². The highest BCUT2D eigenvalue weighted by atomic mass is 35.5. The standard InChI is InChI=1S/C15H21ClFN3OS.ClH/c1-22-9-4-13(18)15(21)20-7-5-19(6-8-20)14-3-2-11(17)10-12(14)16;/h2-3,10,13H,4-9,18H2,1H3;1H. The van der Waals surface area contributed by atoms with Crippen LogP contribution in [0.1, 0.15) is 6.42 Å². The third-order valence-corrected chi connectivity index (χ3v) is 4.74. The van der Waals surface area contributed by atoms with Crippen molar-refractivity contribution < 1.29 is 9.18 Å². The maximum Gasteiger partial charge on any atom is 0.239 e. The summed E-state index contributed by atoms with van der Waals surface area (Å²) in [5.41, 5.74) is 6.75. The summed E-state index contributed by atoms with van der Waals surface area (Å²) in [6, 6.07) is 3.97. The van der Waals surface area contributed by atoms with Crippen LogP contribution in [0, 0.1) is 5.82 Å². The van der Waals surface area contributed by atoms with Crippen LogP contribution in [0.3, 0.4) is 0 Å². The van der Waals surface area contributed by atoms with Crippen LogP contribution < -0.4 is 10.6 Å². The highest BCUT2D eigenvalue weighted by Crippen LogP contribution is 2.27. The highest BCUT2D eigenvalue weighted by molar-refractivity contribution is 7.98. The maximum absolute atomic E-state index is 13.1. The van der Waals surface area contributed by atoms with Crippen molar-refractivity contribution in [3.05, 3.63) is 29.0 Å². The van der Waals surface area contributed by atoms with E-state index in [1.165, 1.54) is 12.1 Å². The molecule has 1 heterocycles. The second-order valence-corrected chi connectivity index (χ2v) is 6.69. The van der Waals surface area contributed by atoms with E-state index in [4.69, 9.17) is 17.3 Å². The zero-order valence-electron chi connectivity index (χ0n) is 13.0. The van der Waals surface area contributed by atoms with Crippen LogP contribution in [-0.2, 0) is 4.79 Å². The van der Waals surface area contributed by atoms with E-state index in [1.54, 1.807) is 22.7 Å². The molecule has 1 aliphatic rings. The van der Waals surface area contributed by atoms with Gasteiger partial charge in [-0.1, -0.05) is 11.6 Å². The van der Waals surface area contributed by atoms with Gasteiger partial charge in [0.05, 0.1) is 16.8 Å². The van der Waals surface area contributed by atoms with Crippen molar-refractivity contribution in [2.24, 2.45) is 5.73 Å². The number of nitrogens with two attached hydrogens (primary N) is 1. The molecule has 130 valence electrons. The zero-order chi connectivity index (χ0) is 16.1. The predicted molar refractivity (Wildman–Crippen MR) is 98.4 cm³/mol. The zero-order valence-corrected chi connectivity index (χ0v) is 15.4. The molecule has 0 bridgehead atoms. The average molecular weight is 382 g/mol. The Kier molecular flexibility index (Phi) is 8.47. The lowest BCUT2D eigenvalue weighted by Gasteiger charge is -2.37. The molecule has 1 aromatic carbocycles. The van der Waals surface area contributed by atoms with E-state index in [1.807, 2.05) is 6.26 Å². The third-order valence-electron chi connectivity index (χ3n) is 3.79. The van der Waals surface area contributed by atoms with Gasteiger partial charge in [-0.2, -0.15) is 11.8 Å². The number of thioether (sulfide) groups is 1. The van der Waals surface area contributed by atoms with Crippen LogP contribution in [0.15, 0.2) is 18.2 Å². The van der Waals surface area contributed by atoms with E-state index in [9.17, 15) is 9.18 Å². The smallest absolute Gasteiger partial charge is 0.239 e. The Morgan fingerprint density at radius 3 is 2.61 bits per heavy atom. The Morgan fingerprint density at radius 2 is 2.04 bits per heavy atom. The summed E-state index contributed by atoms with van der Waals surface area (Å²) in [4.78, 5) is 16.1. The molecule has 1 aliphatic heterocycles. The van der Waals surface area contributed by atoms with Crippen LogP contribution in [0.5, 0.6) is 0 Å². The minimum Gasteiger partial charge on any atom is -0.367 e. The fourth-order valence-electron chi connectivity index (χ4n) is 2.51. The van der Waals surface area contributed by atoms with Gasteiger partial charge in [0.15, 0.2) is 0 Å². The van der Waals surface area contributed by atoms with Crippen LogP contribution in [0.2, 0.25) is 5.02 Å². The first-order valence-corrected chi connectivity index (χ1v) is 9.03. The number of hydrogen-bond donors (Lipinski definition) is 1. The first-order chi connectivity index (χ1) is 10.5. The van der Waals surface area contributed by atoms with Gasteiger partial charge < -0.3 is 15.5 Å². The molecule has 2 rings (SSSR count). The predicted octanol–water partition coefficient (Wildman–Crippen LogP) is 2.63. The van der Waals surface area contributed by atoms with Gasteiger partial charge in [0.25, 0.3) is 0 Å². The molecule has 0 radical (unpaired) electrons. The number of piperazine rings is 1. The molecule has 23 heavy (non-hydrogen) atoms. The lowest BCUT2D eigenvalue weighted by Crippen LogP contribution is -2.53. The third kappa shape index (κ3) is 5.41. The molecule has 1 saturated heterocycles.